The Morgan fingerprint density at radius 2 is 1.81 bits per heavy atom. The van der Waals surface area contributed by atoms with Crippen LogP contribution in [0.5, 0.6) is 5.75 Å². The normalized spacial score (nSPS) is 27.4. The van der Waals surface area contributed by atoms with Gasteiger partial charge in [0.05, 0.1) is 34.5 Å². The standard InChI is InChI=1S/C31H25ClF3N3O7S2/c32-12-5-6-18(45-11-19(39)36-17-4-2-1-3-16(17)31(33,34)35)13(9-12)21-22-14-10-15(25(22)46-27-26(21)47-30(44)37-27)24-23(14)28(42)38(29(24)43)8-7-20(40)41/h1-6,9,14-15,21-25H,7-8,10-11H2,(H,36,39)(H,37,44)(H,40,41)/t14?,15?,21-,22?,23?,24?,25?/m1/s1. The van der Waals surface area contributed by atoms with Crippen LogP contribution >= 0.6 is 34.7 Å². The van der Waals surface area contributed by atoms with Crippen LogP contribution in [0.1, 0.15) is 34.8 Å². The lowest BCUT2D eigenvalue weighted by atomic mass is 9.68. The predicted molar refractivity (Wildman–Crippen MR) is 164 cm³/mol. The monoisotopic (exact) mass is 707 g/mol. The molecular formula is C31H25ClF3N3O7S2. The second-order valence-corrected chi connectivity index (χ2v) is 14.6. The SMILES string of the molecule is O=C(O)CCN1C(=O)C2C3CC(C2C1=O)C1C3Sc2[nH]c(=O)sc2[C@@H]1c1cc(Cl)ccc1OCC(=O)Nc1ccccc1C(F)(F)F. The number of nitrogens with zero attached hydrogens (tertiary/aromatic N) is 1. The van der Waals surface area contributed by atoms with Crippen molar-refractivity contribution in [3.63, 3.8) is 0 Å². The van der Waals surface area contributed by atoms with E-state index in [2.05, 4.69) is 10.3 Å². The van der Waals surface area contributed by atoms with E-state index in [0.29, 0.717) is 26.9 Å². The van der Waals surface area contributed by atoms with Gasteiger partial charge in [0.15, 0.2) is 6.61 Å². The van der Waals surface area contributed by atoms with Crippen LogP contribution in [0.4, 0.5) is 18.9 Å². The van der Waals surface area contributed by atoms with Crippen LogP contribution in [0.3, 0.4) is 0 Å². The summed E-state index contributed by atoms with van der Waals surface area (Å²) in [4.78, 5) is 68.1. The Morgan fingerprint density at radius 3 is 2.53 bits per heavy atom. The lowest BCUT2D eigenvalue weighted by Gasteiger charge is -2.43. The highest BCUT2D eigenvalue weighted by Gasteiger charge is 2.69. The number of carbonyl (C=O) groups excluding carboxylic acids is 3. The number of benzene rings is 2. The number of rotatable bonds is 8. The number of carboxylic acid groups (broad SMARTS) is 1. The molecule has 2 aliphatic carbocycles. The number of amides is 3. The molecule has 3 aromatic rings. The van der Waals surface area contributed by atoms with Gasteiger partial charge in [-0.05, 0) is 54.5 Å². The molecule has 47 heavy (non-hydrogen) atoms. The van der Waals surface area contributed by atoms with Gasteiger partial charge in [-0.3, -0.25) is 28.9 Å². The molecule has 3 heterocycles. The third kappa shape index (κ3) is 5.41. The van der Waals surface area contributed by atoms with Crippen LogP contribution < -0.4 is 14.9 Å². The number of carboxylic acids is 1. The Bertz CT molecular complexity index is 1880. The highest BCUT2D eigenvalue weighted by molar-refractivity contribution is 8.00. The van der Waals surface area contributed by atoms with Crippen LogP contribution in [0.2, 0.25) is 5.02 Å². The van der Waals surface area contributed by atoms with E-state index in [4.69, 9.17) is 21.4 Å². The Morgan fingerprint density at radius 1 is 1.09 bits per heavy atom. The van der Waals surface area contributed by atoms with E-state index in [1.165, 1.54) is 23.9 Å². The molecule has 10 nitrogen and oxygen atoms in total. The number of thiazole rings is 1. The highest BCUT2D eigenvalue weighted by Crippen LogP contribution is 2.69. The van der Waals surface area contributed by atoms with Gasteiger partial charge in [0.25, 0.3) is 5.91 Å². The van der Waals surface area contributed by atoms with Gasteiger partial charge in [-0.25, -0.2) is 0 Å². The molecule has 246 valence electrons. The fourth-order valence-corrected chi connectivity index (χ4v) is 11.0. The van der Waals surface area contributed by atoms with E-state index in [0.717, 1.165) is 28.4 Å². The van der Waals surface area contributed by atoms with Gasteiger partial charge in [0.1, 0.15) is 5.75 Å². The number of ether oxygens (including phenoxy) is 1. The quantitative estimate of drug-likeness (QED) is 0.275. The topological polar surface area (TPSA) is 146 Å². The van der Waals surface area contributed by atoms with Crippen molar-refractivity contribution in [2.24, 2.45) is 29.6 Å². The van der Waals surface area contributed by atoms with E-state index in [9.17, 15) is 37.1 Å². The maximum atomic E-state index is 13.6. The maximum absolute atomic E-state index is 13.6. The first kappa shape index (κ1) is 31.8. The summed E-state index contributed by atoms with van der Waals surface area (Å²) >= 11 is 8.94. The number of nitrogens with one attached hydrogen (secondary N) is 2. The molecule has 3 fully saturated rings. The molecule has 1 aromatic heterocycles. The number of alkyl halides is 3. The fraction of sp³-hybridized carbons (Fsp3) is 0.387. The number of carbonyl (C=O) groups is 4. The van der Waals surface area contributed by atoms with Gasteiger partial charge in [0.2, 0.25) is 11.8 Å². The van der Waals surface area contributed by atoms with E-state index in [1.807, 2.05) is 0 Å². The molecule has 2 aliphatic heterocycles. The lowest BCUT2D eigenvalue weighted by molar-refractivity contribution is -0.143. The van der Waals surface area contributed by atoms with Crippen molar-refractivity contribution < 1.29 is 42.2 Å². The summed E-state index contributed by atoms with van der Waals surface area (Å²) in [6.07, 6.45) is -4.44. The molecular weight excluding hydrogens is 683 g/mol. The number of thioether (sulfide) groups is 1. The maximum Gasteiger partial charge on any atom is 0.418 e. The predicted octanol–water partition coefficient (Wildman–Crippen LogP) is 5.07. The number of anilines is 1. The van der Waals surface area contributed by atoms with E-state index >= 15 is 0 Å². The average molecular weight is 708 g/mol. The zero-order chi connectivity index (χ0) is 33.4. The molecule has 3 N–H and O–H groups in total. The van der Waals surface area contributed by atoms with Crippen LogP contribution in [-0.2, 0) is 25.4 Å². The largest absolute Gasteiger partial charge is 0.483 e. The molecule has 3 amide bonds. The zero-order valence-electron chi connectivity index (χ0n) is 24.1. The minimum absolute atomic E-state index is 0.172. The Kier molecular flexibility index (Phi) is 7.91. The summed E-state index contributed by atoms with van der Waals surface area (Å²) in [5, 5.41) is 12.2. The van der Waals surface area contributed by atoms with E-state index < -0.39 is 53.7 Å². The van der Waals surface area contributed by atoms with Crippen LogP contribution in [0.15, 0.2) is 52.3 Å². The first-order valence-corrected chi connectivity index (χ1v) is 16.8. The molecule has 16 heteroatoms. The second-order valence-electron chi connectivity index (χ2n) is 12.0. The minimum atomic E-state index is -4.68. The summed E-state index contributed by atoms with van der Waals surface area (Å²) < 4.78 is 46.3. The number of likely N-dealkylation sites (tertiary alicyclic amines) is 1. The lowest BCUT2D eigenvalue weighted by Crippen LogP contribution is -2.42. The van der Waals surface area contributed by atoms with Crippen LogP contribution in [0.25, 0.3) is 0 Å². The Labute approximate surface area is 277 Å². The molecule has 0 spiro atoms. The summed E-state index contributed by atoms with van der Waals surface area (Å²) in [6, 6.07) is 9.34. The van der Waals surface area contributed by atoms with Gasteiger partial charge in [0, 0.05) is 33.2 Å². The third-order valence-electron chi connectivity index (χ3n) is 9.54. The van der Waals surface area contributed by atoms with Crippen molar-refractivity contribution in [1.82, 2.24) is 9.88 Å². The second kappa shape index (κ2) is 11.7. The van der Waals surface area contributed by atoms with Crippen molar-refractivity contribution in [2.75, 3.05) is 18.5 Å². The number of H-pyrrole nitrogens is 1. The number of halogens is 4. The van der Waals surface area contributed by atoms with Crippen molar-refractivity contribution in [3.05, 3.63) is 73.2 Å². The number of aliphatic carboxylic acids is 1. The van der Waals surface area contributed by atoms with Gasteiger partial charge < -0.3 is 20.1 Å². The summed E-state index contributed by atoms with van der Waals surface area (Å²) in [5.41, 5.74) is -0.878. The van der Waals surface area contributed by atoms with Gasteiger partial charge in [-0.15, -0.1) is 11.8 Å². The number of fused-ring (bicyclic) bond motifs is 9. The molecule has 2 aromatic carbocycles. The molecule has 4 aliphatic rings. The van der Waals surface area contributed by atoms with Crippen molar-refractivity contribution >= 4 is 64.1 Å². The molecule has 7 atom stereocenters. The van der Waals surface area contributed by atoms with E-state index in [-0.39, 0.29) is 58.4 Å². The number of hydrogen-bond acceptors (Lipinski definition) is 8. The van der Waals surface area contributed by atoms with Crippen molar-refractivity contribution in [1.29, 1.82) is 0 Å². The molecule has 0 radical (unpaired) electrons. The fourth-order valence-electron chi connectivity index (χ4n) is 7.92. The number of aromatic nitrogens is 1. The van der Waals surface area contributed by atoms with Gasteiger partial charge >= 0.3 is 17.0 Å². The summed E-state index contributed by atoms with van der Waals surface area (Å²) in [6.45, 7) is -0.831. The first-order valence-electron chi connectivity index (χ1n) is 14.7. The van der Waals surface area contributed by atoms with Gasteiger partial charge in [-0.1, -0.05) is 35.1 Å². The number of para-hydroxylation sites is 1. The highest BCUT2D eigenvalue weighted by atomic mass is 35.5. The van der Waals surface area contributed by atoms with Gasteiger partial charge in [-0.2, -0.15) is 13.2 Å². The van der Waals surface area contributed by atoms with Crippen LogP contribution in [-0.4, -0.2) is 57.1 Å². The smallest absolute Gasteiger partial charge is 0.418 e. The summed E-state index contributed by atoms with van der Waals surface area (Å²) in [5.74, 6) is -4.91. The summed E-state index contributed by atoms with van der Waals surface area (Å²) in [7, 11) is 0. The molecule has 7 rings (SSSR count). The van der Waals surface area contributed by atoms with E-state index in [1.54, 1.807) is 18.2 Å². The number of aromatic amines is 1. The number of hydrogen-bond donors (Lipinski definition) is 3. The zero-order valence-corrected chi connectivity index (χ0v) is 26.5. The molecule has 2 saturated carbocycles. The Hall–Kier alpha value is -3.82. The minimum Gasteiger partial charge on any atom is -0.483 e. The third-order valence-corrected chi connectivity index (χ3v) is 12.4. The molecule has 6 unspecified atom stereocenters. The average Bonchev–Trinajstić information content (AvgIpc) is 3.74. The molecule has 1 saturated heterocycles. The number of imide groups is 1. The van der Waals surface area contributed by atoms with Crippen molar-refractivity contribution in [3.8, 4) is 5.75 Å². The molecule has 2 bridgehead atoms. The first-order chi connectivity index (χ1) is 22.3. The Balaban J connectivity index is 1.20. The van der Waals surface area contributed by atoms with Crippen molar-refractivity contribution in [2.45, 2.75) is 35.2 Å². The van der Waals surface area contributed by atoms with Crippen LogP contribution in [0, 0.1) is 29.6 Å².